The van der Waals surface area contributed by atoms with E-state index in [1.807, 2.05) is 6.07 Å². The number of nitrogens with one attached hydrogen (secondary N) is 1. The molecule has 0 atom stereocenters. The largest absolute Gasteiger partial charge is 0.357 e. The number of aromatic nitrogens is 5. The summed E-state index contributed by atoms with van der Waals surface area (Å²) in [6, 6.07) is 5.68. The Kier molecular flexibility index (Phi) is 3.10. The third kappa shape index (κ3) is 2.22. The SMILES string of the molecule is CNc1nc(-c2ccc(C#N)s2)nc(-n2ccnc2)n1. The molecule has 7 nitrogen and oxygen atoms in total. The zero-order valence-electron chi connectivity index (χ0n) is 10.5. The second kappa shape index (κ2) is 5.07. The molecule has 98 valence electrons. The van der Waals surface area contributed by atoms with Crippen molar-refractivity contribution in [2.75, 3.05) is 12.4 Å². The van der Waals surface area contributed by atoms with Crippen molar-refractivity contribution in [3.05, 3.63) is 35.7 Å². The van der Waals surface area contributed by atoms with Gasteiger partial charge in [0, 0.05) is 19.4 Å². The lowest BCUT2D eigenvalue weighted by atomic mass is 10.4. The van der Waals surface area contributed by atoms with E-state index in [4.69, 9.17) is 5.26 Å². The lowest BCUT2D eigenvalue weighted by Crippen LogP contribution is -2.06. The molecule has 20 heavy (non-hydrogen) atoms. The molecule has 0 aliphatic carbocycles. The minimum absolute atomic E-state index is 0.464. The zero-order valence-corrected chi connectivity index (χ0v) is 11.3. The number of thiophene rings is 1. The van der Waals surface area contributed by atoms with Gasteiger partial charge in [-0.1, -0.05) is 0 Å². The molecule has 3 rings (SSSR count). The average molecular weight is 283 g/mol. The van der Waals surface area contributed by atoms with E-state index < -0.39 is 0 Å². The van der Waals surface area contributed by atoms with Crippen LogP contribution in [0.2, 0.25) is 0 Å². The molecule has 0 aliphatic heterocycles. The van der Waals surface area contributed by atoms with Crippen LogP contribution in [0.25, 0.3) is 16.6 Å². The third-order valence-corrected chi connectivity index (χ3v) is 3.50. The molecular weight excluding hydrogens is 274 g/mol. The van der Waals surface area contributed by atoms with Crippen LogP contribution in [0.3, 0.4) is 0 Å². The number of imidazole rings is 1. The number of anilines is 1. The van der Waals surface area contributed by atoms with Gasteiger partial charge in [0.15, 0.2) is 5.82 Å². The Labute approximate surface area is 118 Å². The molecule has 8 heteroatoms. The molecular formula is C12H9N7S. The fraction of sp³-hybridized carbons (Fsp3) is 0.0833. The molecule has 0 amide bonds. The van der Waals surface area contributed by atoms with Crippen molar-refractivity contribution in [3.63, 3.8) is 0 Å². The summed E-state index contributed by atoms with van der Waals surface area (Å²) in [5.41, 5.74) is 0. The van der Waals surface area contributed by atoms with Crippen molar-refractivity contribution in [1.29, 1.82) is 5.26 Å². The van der Waals surface area contributed by atoms with Gasteiger partial charge in [-0.2, -0.15) is 20.2 Å². The predicted octanol–water partition coefficient (Wildman–Crippen LogP) is 1.70. The highest BCUT2D eigenvalue weighted by atomic mass is 32.1. The summed E-state index contributed by atoms with van der Waals surface area (Å²) >= 11 is 1.34. The molecule has 3 aromatic rings. The van der Waals surface area contributed by atoms with Crippen LogP contribution in [0.15, 0.2) is 30.9 Å². The normalized spacial score (nSPS) is 10.2. The first-order chi connectivity index (χ1) is 9.80. The molecule has 1 N–H and O–H groups in total. The Morgan fingerprint density at radius 2 is 2.20 bits per heavy atom. The van der Waals surface area contributed by atoms with Crippen LogP contribution >= 0.6 is 11.3 Å². The van der Waals surface area contributed by atoms with Crippen molar-refractivity contribution in [1.82, 2.24) is 24.5 Å². The first kappa shape index (κ1) is 12.3. The van der Waals surface area contributed by atoms with Crippen molar-refractivity contribution < 1.29 is 0 Å². The van der Waals surface area contributed by atoms with Crippen LogP contribution in [0, 0.1) is 11.3 Å². The quantitative estimate of drug-likeness (QED) is 0.786. The highest BCUT2D eigenvalue weighted by Gasteiger charge is 2.11. The monoisotopic (exact) mass is 283 g/mol. The predicted molar refractivity (Wildman–Crippen MR) is 74.5 cm³/mol. The van der Waals surface area contributed by atoms with Crippen molar-refractivity contribution in [2.45, 2.75) is 0 Å². The smallest absolute Gasteiger partial charge is 0.240 e. The minimum Gasteiger partial charge on any atom is -0.357 e. The van der Waals surface area contributed by atoms with Gasteiger partial charge in [0.25, 0.3) is 0 Å². The molecule has 3 aromatic heterocycles. The number of rotatable bonds is 3. The second-order valence-corrected chi connectivity index (χ2v) is 4.86. The summed E-state index contributed by atoms with van der Waals surface area (Å²) in [6.07, 6.45) is 5.03. The molecule has 0 radical (unpaired) electrons. The fourth-order valence-electron chi connectivity index (χ4n) is 1.60. The molecule has 0 aromatic carbocycles. The summed E-state index contributed by atoms with van der Waals surface area (Å²) in [7, 11) is 1.74. The maximum absolute atomic E-state index is 8.89. The fourth-order valence-corrected chi connectivity index (χ4v) is 2.34. The topological polar surface area (TPSA) is 92.3 Å². The first-order valence-corrected chi connectivity index (χ1v) is 6.54. The second-order valence-electron chi connectivity index (χ2n) is 3.78. The minimum atomic E-state index is 0.464. The van der Waals surface area contributed by atoms with E-state index in [0.717, 1.165) is 4.88 Å². The molecule has 0 aliphatic rings. The van der Waals surface area contributed by atoms with Gasteiger partial charge in [-0.25, -0.2) is 4.98 Å². The van der Waals surface area contributed by atoms with Crippen LogP contribution < -0.4 is 5.32 Å². The number of hydrogen-bond donors (Lipinski definition) is 1. The summed E-state index contributed by atoms with van der Waals surface area (Å²) in [5.74, 6) is 1.47. The third-order valence-electron chi connectivity index (χ3n) is 2.52. The van der Waals surface area contributed by atoms with Crippen LogP contribution in [-0.4, -0.2) is 31.6 Å². The summed E-state index contributed by atoms with van der Waals surface area (Å²) < 4.78 is 1.70. The number of nitrogens with zero attached hydrogens (tertiary/aromatic N) is 6. The van der Waals surface area contributed by atoms with Crippen LogP contribution in [0.5, 0.6) is 0 Å². The lowest BCUT2D eigenvalue weighted by Gasteiger charge is -2.05. The maximum atomic E-state index is 8.89. The number of hydrogen-bond acceptors (Lipinski definition) is 7. The molecule has 0 unspecified atom stereocenters. The van der Waals surface area contributed by atoms with Gasteiger partial charge < -0.3 is 5.32 Å². The van der Waals surface area contributed by atoms with Gasteiger partial charge in [0.1, 0.15) is 17.3 Å². The molecule has 3 heterocycles. The first-order valence-electron chi connectivity index (χ1n) is 5.72. The lowest BCUT2D eigenvalue weighted by molar-refractivity contribution is 0.903. The Hall–Kier alpha value is -2.79. The van der Waals surface area contributed by atoms with E-state index in [1.54, 1.807) is 36.4 Å². The van der Waals surface area contributed by atoms with Gasteiger partial charge in [0.05, 0.1) is 4.88 Å². The zero-order chi connectivity index (χ0) is 13.9. The Morgan fingerprint density at radius 1 is 1.30 bits per heavy atom. The van der Waals surface area contributed by atoms with Gasteiger partial charge in [0.2, 0.25) is 11.9 Å². The van der Waals surface area contributed by atoms with Crippen LogP contribution in [0.1, 0.15) is 4.88 Å². The molecule has 0 spiro atoms. The van der Waals surface area contributed by atoms with Crippen LogP contribution in [0.4, 0.5) is 5.95 Å². The summed E-state index contributed by atoms with van der Waals surface area (Å²) in [6.45, 7) is 0. The standard InChI is InChI=1S/C12H9N7S/c1-14-11-16-10(9-3-2-8(6-13)20-9)17-12(18-11)19-5-4-15-7-19/h2-5,7H,1H3,(H,14,16,17,18). The Morgan fingerprint density at radius 3 is 2.85 bits per heavy atom. The summed E-state index contributed by atoms with van der Waals surface area (Å²) in [5, 5.41) is 11.8. The average Bonchev–Trinajstić information content (AvgIpc) is 3.17. The summed E-state index contributed by atoms with van der Waals surface area (Å²) in [4.78, 5) is 18.4. The Bertz CT molecular complexity index is 769. The van der Waals surface area contributed by atoms with E-state index in [9.17, 15) is 0 Å². The van der Waals surface area contributed by atoms with Gasteiger partial charge in [-0.3, -0.25) is 4.57 Å². The van der Waals surface area contributed by atoms with E-state index in [2.05, 4.69) is 31.3 Å². The van der Waals surface area contributed by atoms with Gasteiger partial charge >= 0.3 is 0 Å². The van der Waals surface area contributed by atoms with E-state index in [-0.39, 0.29) is 0 Å². The number of nitriles is 1. The highest BCUT2D eigenvalue weighted by molar-refractivity contribution is 7.15. The van der Waals surface area contributed by atoms with E-state index in [1.165, 1.54) is 11.3 Å². The molecule has 0 saturated carbocycles. The van der Waals surface area contributed by atoms with E-state index >= 15 is 0 Å². The van der Waals surface area contributed by atoms with Crippen molar-refractivity contribution in [3.8, 4) is 22.7 Å². The molecule has 0 saturated heterocycles. The van der Waals surface area contributed by atoms with Crippen molar-refractivity contribution in [2.24, 2.45) is 0 Å². The van der Waals surface area contributed by atoms with Crippen molar-refractivity contribution >= 4 is 17.3 Å². The molecule has 0 fully saturated rings. The van der Waals surface area contributed by atoms with Gasteiger partial charge in [-0.05, 0) is 12.1 Å². The maximum Gasteiger partial charge on any atom is 0.240 e. The van der Waals surface area contributed by atoms with Gasteiger partial charge in [-0.15, -0.1) is 11.3 Å². The highest BCUT2D eigenvalue weighted by Crippen LogP contribution is 2.25. The van der Waals surface area contributed by atoms with Crippen LogP contribution in [-0.2, 0) is 0 Å². The Balaban J connectivity index is 2.11. The molecule has 0 bridgehead atoms. The van der Waals surface area contributed by atoms with E-state index in [0.29, 0.717) is 22.6 Å².